The minimum atomic E-state index is 0.687. The lowest BCUT2D eigenvalue weighted by atomic mass is 10.4. The van der Waals surface area contributed by atoms with E-state index in [1.54, 1.807) is 6.20 Å². The summed E-state index contributed by atoms with van der Waals surface area (Å²) in [5.74, 6) is 0.839. The monoisotopic (exact) mass is 237 g/mol. The van der Waals surface area contributed by atoms with E-state index >= 15 is 0 Å². The molecule has 0 fully saturated rings. The van der Waals surface area contributed by atoms with Gasteiger partial charge in [-0.05, 0) is 52.7 Å². The summed E-state index contributed by atoms with van der Waals surface area (Å²) in [6, 6.07) is 3.91. The first-order valence-electron chi connectivity index (χ1n) is 6.09. The predicted molar refractivity (Wildman–Crippen MR) is 70.5 cm³/mol. The molecule has 0 atom stereocenters. The molecule has 0 unspecified atom stereocenters. The molecule has 0 radical (unpaired) electrons. The van der Waals surface area contributed by atoms with Crippen molar-refractivity contribution in [3.8, 4) is 5.75 Å². The van der Waals surface area contributed by atoms with Crippen LogP contribution in [0.4, 0.5) is 0 Å². The predicted octanol–water partition coefficient (Wildman–Crippen LogP) is 1.31. The van der Waals surface area contributed by atoms with E-state index in [0.717, 1.165) is 31.1 Å². The fraction of sp³-hybridized carbons (Fsp3) is 0.615. The van der Waals surface area contributed by atoms with E-state index < -0.39 is 0 Å². The Hall–Kier alpha value is -1.13. The van der Waals surface area contributed by atoms with Crippen molar-refractivity contribution in [3.63, 3.8) is 0 Å². The minimum absolute atomic E-state index is 0.687. The van der Waals surface area contributed by atoms with Crippen LogP contribution >= 0.6 is 0 Å². The Kier molecular flexibility index (Phi) is 6.58. The van der Waals surface area contributed by atoms with Gasteiger partial charge in [-0.15, -0.1) is 0 Å². The maximum atomic E-state index is 5.55. The van der Waals surface area contributed by atoms with Crippen LogP contribution in [0, 0.1) is 6.92 Å². The van der Waals surface area contributed by atoms with Crippen LogP contribution in [-0.2, 0) is 0 Å². The summed E-state index contributed by atoms with van der Waals surface area (Å²) in [5, 5.41) is 3.35. The van der Waals surface area contributed by atoms with Crippen LogP contribution in [0.1, 0.15) is 12.1 Å². The second-order valence-corrected chi connectivity index (χ2v) is 4.39. The second kappa shape index (κ2) is 8.03. The van der Waals surface area contributed by atoms with E-state index in [1.165, 1.54) is 6.42 Å². The van der Waals surface area contributed by atoms with Gasteiger partial charge in [-0.3, -0.25) is 4.98 Å². The molecule has 0 aliphatic heterocycles. The number of hydrogen-bond acceptors (Lipinski definition) is 4. The molecule has 0 saturated carbocycles. The van der Waals surface area contributed by atoms with Gasteiger partial charge in [-0.25, -0.2) is 0 Å². The third kappa shape index (κ3) is 6.92. The normalized spacial score (nSPS) is 10.8. The molecule has 0 aromatic carbocycles. The summed E-state index contributed by atoms with van der Waals surface area (Å²) in [6.45, 7) is 5.69. The Morgan fingerprint density at radius 2 is 2.12 bits per heavy atom. The zero-order chi connectivity index (χ0) is 12.5. The molecule has 0 spiro atoms. The quantitative estimate of drug-likeness (QED) is 0.692. The molecular weight excluding hydrogens is 214 g/mol. The first kappa shape index (κ1) is 13.9. The van der Waals surface area contributed by atoms with E-state index in [1.807, 2.05) is 19.1 Å². The van der Waals surface area contributed by atoms with Crippen molar-refractivity contribution in [3.05, 3.63) is 24.0 Å². The molecule has 0 amide bonds. The number of aryl methyl sites for hydroxylation is 1. The number of ether oxygens (including phenoxy) is 1. The first-order valence-corrected chi connectivity index (χ1v) is 6.09. The third-order valence-corrected chi connectivity index (χ3v) is 2.39. The fourth-order valence-electron chi connectivity index (χ4n) is 1.43. The summed E-state index contributed by atoms with van der Waals surface area (Å²) in [4.78, 5) is 6.37. The molecular formula is C13H23N3O. The minimum Gasteiger partial charge on any atom is -0.491 e. The zero-order valence-electron chi connectivity index (χ0n) is 11.1. The number of nitrogens with one attached hydrogen (secondary N) is 1. The largest absolute Gasteiger partial charge is 0.491 e. The van der Waals surface area contributed by atoms with Gasteiger partial charge in [0.05, 0.1) is 6.20 Å². The Labute approximate surface area is 104 Å². The third-order valence-electron chi connectivity index (χ3n) is 2.39. The highest BCUT2D eigenvalue weighted by molar-refractivity contribution is 5.18. The number of nitrogens with zero attached hydrogens (tertiary/aromatic N) is 2. The molecule has 4 heteroatoms. The van der Waals surface area contributed by atoms with Crippen molar-refractivity contribution in [2.75, 3.05) is 40.3 Å². The van der Waals surface area contributed by atoms with Gasteiger partial charge < -0.3 is 15.0 Å². The molecule has 0 saturated heterocycles. The molecule has 0 bridgehead atoms. The van der Waals surface area contributed by atoms with E-state index in [0.29, 0.717) is 6.61 Å². The maximum absolute atomic E-state index is 5.55. The van der Waals surface area contributed by atoms with Crippen molar-refractivity contribution in [2.45, 2.75) is 13.3 Å². The standard InChI is InChI=1S/C13H23N3O/c1-12-5-6-13(11-15-12)17-10-8-14-7-4-9-16(2)3/h5-6,11,14H,4,7-10H2,1-3H3. The molecule has 1 rings (SSSR count). The number of pyridine rings is 1. The van der Waals surface area contributed by atoms with Gasteiger partial charge in [0.15, 0.2) is 0 Å². The van der Waals surface area contributed by atoms with Crippen LogP contribution in [-0.4, -0.2) is 50.2 Å². The lowest BCUT2D eigenvalue weighted by Gasteiger charge is -2.10. The summed E-state index contributed by atoms with van der Waals surface area (Å²) < 4.78 is 5.55. The van der Waals surface area contributed by atoms with Crippen molar-refractivity contribution in [1.29, 1.82) is 0 Å². The fourth-order valence-corrected chi connectivity index (χ4v) is 1.43. The molecule has 17 heavy (non-hydrogen) atoms. The van der Waals surface area contributed by atoms with Gasteiger partial charge in [0.1, 0.15) is 12.4 Å². The lowest BCUT2D eigenvalue weighted by Crippen LogP contribution is -2.25. The summed E-state index contributed by atoms with van der Waals surface area (Å²) in [5.41, 5.74) is 1.01. The molecule has 1 heterocycles. The van der Waals surface area contributed by atoms with Crippen molar-refractivity contribution >= 4 is 0 Å². The van der Waals surface area contributed by atoms with E-state index in [9.17, 15) is 0 Å². The number of aromatic nitrogens is 1. The zero-order valence-corrected chi connectivity index (χ0v) is 11.1. The first-order chi connectivity index (χ1) is 8.18. The van der Waals surface area contributed by atoms with E-state index in [4.69, 9.17) is 4.74 Å². The van der Waals surface area contributed by atoms with Crippen LogP contribution in [0.2, 0.25) is 0 Å². The van der Waals surface area contributed by atoms with Crippen LogP contribution in [0.15, 0.2) is 18.3 Å². The van der Waals surface area contributed by atoms with Gasteiger partial charge in [0.2, 0.25) is 0 Å². The highest BCUT2D eigenvalue weighted by atomic mass is 16.5. The van der Waals surface area contributed by atoms with Crippen LogP contribution in [0.5, 0.6) is 5.75 Å². The molecule has 0 aliphatic rings. The summed E-state index contributed by atoms with van der Waals surface area (Å²) >= 11 is 0. The summed E-state index contributed by atoms with van der Waals surface area (Å²) in [6.07, 6.45) is 2.93. The molecule has 1 aromatic rings. The molecule has 0 aliphatic carbocycles. The molecule has 1 aromatic heterocycles. The second-order valence-electron chi connectivity index (χ2n) is 4.39. The highest BCUT2D eigenvalue weighted by Crippen LogP contribution is 2.07. The Bertz CT molecular complexity index is 298. The van der Waals surface area contributed by atoms with Gasteiger partial charge in [0, 0.05) is 12.2 Å². The SMILES string of the molecule is Cc1ccc(OCCNCCCN(C)C)cn1. The summed E-state index contributed by atoms with van der Waals surface area (Å²) in [7, 11) is 4.18. The van der Waals surface area contributed by atoms with Crippen LogP contribution in [0.3, 0.4) is 0 Å². The van der Waals surface area contributed by atoms with Crippen molar-refractivity contribution in [1.82, 2.24) is 15.2 Å². The van der Waals surface area contributed by atoms with Crippen LogP contribution < -0.4 is 10.1 Å². The van der Waals surface area contributed by atoms with Crippen molar-refractivity contribution in [2.24, 2.45) is 0 Å². The van der Waals surface area contributed by atoms with Gasteiger partial charge in [-0.1, -0.05) is 0 Å². The Morgan fingerprint density at radius 3 is 2.76 bits per heavy atom. The van der Waals surface area contributed by atoms with Crippen LogP contribution in [0.25, 0.3) is 0 Å². The Balaban J connectivity index is 1.99. The van der Waals surface area contributed by atoms with Gasteiger partial charge in [-0.2, -0.15) is 0 Å². The average molecular weight is 237 g/mol. The number of rotatable bonds is 8. The smallest absolute Gasteiger partial charge is 0.137 e. The average Bonchev–Trinajstić information content (AvgIpc) is 2.30. The Morgan fingerprint density at radius 1 is 1.29 bits per heavy atom. The molecule has 1 N–H and O–H groups in total. The lowest BCUT2D eigenvalue weighted by molar-refractivity contribution is 0.310. The van der Waals surface area contributed by atoms with E-state index in [2.05, 4.69) is 29.3 Å². The van der Waals surface area contributed by atoms with Crippen molar-refractivity contribution < 1.29 is 4.74 Å². The van der Waals surface area contributed by atoms with Gasteiger partial charge in [0.25, 0.3) is 0 Å². The molecule has 96 valence electrons. The molecule has 4 nitrogen and oxygen atoms in total. The highest BCUT2D eigenvalue weighted by Gasteiger charge is 1.94. The number of hydrogen-bond donors (Lipinski definition) is 1. The topological polar surface area (TPSA) is 37.4 Å². The maximum Gasteiger partial charge on any atom is 0.137 e. The van der Waals surface area contributed by atoms with Gasteiger partial charge >= 0.3 is 0 Å². The van der Waals surface area contributed by atoms with E-state index in [-0.39, 0.29) is 0 Å².